The van der Waals surface area contributed by atoms with Crippen LogP contribution in [0.4, 0.5) is 0 Å². The first-order valence-corrected chi connectivity index (χ1v) is 10.2. The zero-order valence-electron chi connectivity index (χ0n) is 16.6. The maximum Gasteiger partial charge on any atom is 0.314 e. The van der Waals surface area contributed by atoms with Gasteiger partial charge in [0.2, 0.25) is 11.8 Å². The van der Waals surface area contributed by atoms with E-state index in [1.54, 1.807) is 12.1 Å². The molecule has 0 saturated carbocycles. The molecule has 0 aliphatic carbocycles. The molecule has 0 aromatic heterocycles. The third kappa shape index (κ3) is 2.93. The van der Waals surface area contributed by atoms with Crippen LogP contribution >= 0.6 is 0 Å². The van der Waals surface area contributed by atoms with Crippen molar-refractivity contribution in [3.8, 4) is 0 Å². The van der Waals surface area contributed by atoms with E-state index >= 15 is 0 Å². The number of likely N-dealkylation sites (tertiary alicyclic amines) is 1. The molecule has 2 N–H and O–H groups in total. The lowest BCUT2D eigenvalue weighted by Crippen LogP contribution is -2.52. The molecule has 162 valence electrons. The first-order chi connectivity index (χ1) is 14.8. The van der Waals surface area contributed by atoms with Gasteiger partial charge < -0.3 is 19.6 Å². The van der Waals surface area contributed by atoms with Crippen molar-refractivity contribution in [3.63, 3.8) is 0 Å². The second-order valence-electron chi connectivity index (χ2n) is 8.63. The molecule has 0 bridgehead atoms. The van der Waals surface area contributed by atoms with Crippen molar-refractivity contribution in [2.24, 2.45) is 11.3 Å². The Morgan fingerprint density at radius 3 is 2.74 bits per heavy atom. The van der Waals surface area contributed by atoms with Crippen LogP contribution in [0.2, 0.25) is 0 Å². The van der Waals surface area contributed by atoms with E-state index in [4.69, 9.17) is 4.74 Å². The summed E-state index contributed by atoms with van der Waals surface area (Å²) < 4.78 is 5.35. The highest BCUT2D eigenvalue weighted by atomic mass is 16.5. The molecule has 4 amide bonds. The number of hydrogen-bond acceptors (Lipinski definition) is 6. The third-order valence-corrected chi connectivity index (χ3v) is 6.86. The summed E-state index contributed by atoms with van der Waals surface area (Å²) in [5.41, 5.74) is 0.287. The maximum absolute atomic E-state index is 13.1. The number of aliphatic carboxylic acids is 1. The van der Waals surface area contributed by atoms with Gasteiger partial charge in [-0.1, -0.05) is 6.07 Å². The number of nitrogens with zero attached hydrogens (tertiary/aromatic N) is 2. The number of imide groups is 1. The van der Waals surface area contributed by atoms with Crippen molar-refractivity contribution in [2.75, 3.05) is 26.3 Å². The summed E-state index contributed by atoms with van der Waals surface area (Å²) in [4.78, 5) is 64.4. The number of carboxylic acids is 1. The molecule has 1 unspecified atom stereocenters. The van der Waals surface area contributed by atoms with Gasteiger partial charge in [0.1, 0.15) is 11.5 Å². The van der Waals surface area contributed by atoms with Gasteiger partial charge in [-0.05, 0) is 24.1 Å². The van der Waals surface area contributed by atoms with Crippen LogP contribution in [-0.2, 0) is 25.7 Å². The number of fused-ring (bicyclic) bond motifs is 2. The van der Waals surface area contributed by atoms with Crippen LogP contribution in [-0.4, -0.2) is 76.8 Å². The lowest BCUT2D eigenvalue weighted by Gasteiger charge is -2.29. The topological polar surface area (TPSA) is 133 Å². The highest BCUT2D eigenvalue weighted by Crippen LogP contribution is 2.42. The van der Waals surface area contributed by atoms with Crippen LogP contribution < -0.4 is 5.32 Å². The van der Waals surface area contributed by atoms with Crippen LogP contribution in [0.25, 0.3) is 0 Å². The predicted molar refractivity (Wildman–Crippen MR) is 103 cm³/mol. The lowest BCUT2D eigenvalue weighted by molar-refractivity contribution is -0.149. The van der Waals surface area contributed by atoms with E-state index in [9.17, 15) is 29.1 Å². The molecule has 1 aromatic carbocycles. The summed E-state index contributed by atoms with van der Waals surface area (Å²) in [6.45, 7) is 0.984. The molecular weight excluding hydrogens is 406 g/mol. The second-order valence-corrected chi connectivity index (χ2v) is 8.63. The number of amides is 4. The number of benzene rings is 1. The molecule has 0 spiro atoms. The zero-order chi connectivity index (χ0) is 21.9. The van der Waals surface area contributed by atoms with Gasteiger partial charge in [-0.2, -0.15) is 0 Å². The number of carbonyl (C=O) groups is 5. The van der Waals surface area contributed by atoms with E-state index in [1.807, 2.05) is 0 Å². The molecule has 10 heteroatoms. The summed E-state index contributed by atoms with van der Waals surface area (Å²) in [5, 5.41) is 11.9. The first-order valence-electron chi connectivity index (χ1n) is 10.2. The number of piperidine rings is 1. The van der Waals surface area contributed by atoms with Crippen LogP contribution in [0.3, 0.4) is 0 Å². The van der Waals surface area contributed by atoms with Crippen LogP contribution in [0, 0.1) is 11.3 Å². The monoisotopic (exact) mass is 427 g/mol. The second kappa shape index (κ2) is 6.88. The molecule has 10 nitrogen and oxygen atoms in total. The van der Waals surface area contributed by atoms with Gasteiger partial charge in [0.25, 0.3) is 11.8 Å². The molecule has 4 aliphatic rings. The Bertz CT molecular complexity index is 1040. The van der Waals surface area contributed by atoms with E-state index in [0.717, 1.165) is 0 Å². The Kier molecular flexibility index (Phi) is 4.37. The fourth-order valence-electron chi connectivity index (χ4n) is 5.06. The Hall–Kier alpha value is -3.27. The van der Waals surface area contributed by atoms with Gasteiger partial charge in [-0.3, -0.25) is 29.3 Å². The molecular formula is C21H21N3O7. The fraction of sp³-hybridized carbons (Fsp3) is 0.476. The minimum absolute atomic E-state index is 0.0687. The van der Waals surface area contributed by atoms with Gasteiger partial charge in [0.05, 0.1) is 13.2 Å². The van der Waals surface area contributed by atoms with Crippen molar-refractivity contribution >= 4 is 29.6 Å². The number of hydrogen-bond donors (Lipinski definition) is 2. The summed E-state index contributed by atoms with van der Waals surface area (Å²) in [6, 6.07) is 4.12. The van der Waals surface area contributed by atoms with E-state index in [2.05, 4.69) is 5.32 Å². The molecule has 31 heavy (non-hydrogen) atoms. The van der Waals surface area contributed by atoms with Gasteiger partial charge in [0.15, 0.2) is 0 Å². The van der Waals surface area contributed by atoms with Crippen molar-refractivity contribution in [3.05, 3.63) is 34.9 Å². The summed E-state index contributed by atoms with van der Waals surface area (Å²) in [6.07, 6.45) is 0.441. The number of ether oxygens (including phenoxy) is 1. The number of carboxylic acid groups (broad SMARTS) is 1. The minimum atomic E-state index is -1.08. The number of nitrogens with one attached hydrogen (secondary N) is 1. The van der Waals surface area contributed by atoms with Crippen molar-refractivity contribution < 1.29 is 33.8 Å². The summed E-state index contributed by atoms with van der Waals surface area (Å²) >= 11 is 0. The third-order valence-electron chi connectivity index (χ3n) is 6.86. The highest BCUT2D eigenvalue weighted by Gasteiger charge is 2.57. The Labute approximate surface area is 177 Å². The van der Waals surface area contributed by atoms with Gasteiger partial charge in [0, 0.05) is 43.1 Å². The average Bonchev–Trinajstić information content (AvgIpc) is 3.39. The minimum Gasteiger partial charge on any atom is -0.481 e. The quantitative estimate of drug-likeness (QED) is 0.628. The van der Waals surface area contributed by atoms with E-state index < -0.39 is 23.3 Å². The molecule has 5 rings (SSSR count). The molecule has 3 saturated heterocycles. The van der Waals surface area contributed by atoms with Crippen LogP contribution in [0.1, 0.15) is 39.1 Å². The summed E-state index contributed by atoms with van der Waals surface area (Å²) in [5.74, 6) is -2.74. The van der Waals surface area contributed by atoms with E-state index in [0.29, 0.717) is 29.8 Å². The van der Waals surface area contributed by atoms with Gasteiger partial charge >= 0.3 is 5.97 Å². The van der Waals surface area contributed by atoms with Gasteiger partial charge in [-0.15, -0.1) is 0 Å². The van der Waals surface area contributed by atoms with E-state index in [-0.39, 0.29) is 56.2 Å². The van der Waals surface area contributed by atoms with Gasteiger partial charge in [-0.25, -0.2) is 0 Å². The van der Waals surface area contributed by atoms with Crippen LogP contribution in [0.5, 0.6) is 0 Å². The molecule has 1 aromatic rings. The molecule has 4 aliphatic heterocycles. The Morgan fingerprint density at radius 2 is 2.03 bits per heavy atom. The zero-order valence-corrected chi connectivity index (χ0v) is 16.6. The Morgan fingerprint density at radius 1 is 1.23 bits per heavy atom. The first kappa shape index (κ1) is 19.7. The SMILES string of the molecule is O=C1CCC(N2Cc3ccc(C(=O)N4C[C@@H]5COC[C@]5(C(=O)O)C4)cc3C2=O)C(=O)N1. The van der Waals surface area contributed by atoms with Crippen LogP contribution in [0.15, 0.2) is 18.2 Å². The smallest absolute Gasteiger partial charge is 0.314 e. The molecule has 0 radical (unpaired) electrons. The maximum atomic E-state index is 13.1. The molecule has 4 heterocycles. The normalized spacial score (nSPS) is 29.7. The fourth-order valence-corrected chi connectivity index (χ4v) is 5.06. The average molecular weight is 427 g/mol. The number of rotatable bonds is 3. The lowest BCUT2D eigenvalue weighted by atomic mass is 9.81. The predicted octanol–water partition coefficient (Wildman–Crippen LogP) is -0.379. The Balaban J connectivity index is 1.35. The molecule has 3 fully saturated rings. The van der Waals surface area contributed by atoms with Crippen molar-refractivity contribution in [2.45, 2.75) is 25.4 Å². The number of carbonyl (C=O) groups excluding carboxylic acids is 4. The highest BCUT2D eigenvalue weighted by molar-refractivity contribution is 6.06. The van der Waals surface area contributed by atoms with Crippen molar-refractivity contribution in [1.29, 1.82) is 0 Å². The molecule has 3 atom stereocenters. The largest absolute Gasteiger partial charge is 0.481 e. The van der Waals surface area contributed by atoms with Crippen molar-refractivity contribution in [1.82, 2.24) is 15.1 Å². The van der Waals surface area contributed by atoms with E-state index in [1.165, 1.54) is 15.9 Å². The summed E-state index contributed by atoms with van der Waals surface area (Å²) in [7, 11) is 0. The standard InChI is InChI=1S/C21H21N3O7/c25-16-4-3-15(17(26)22-16)24-6-12-2-1-11(5-14(12)19(24)28)18(27)23-7-13-8-31-10-21(13,9-23)20(29)30/h1-2,5,13,15H,3-4,6-10H2,(H,29,30)(H,22,25,26)/t13-,15?,21-/m1/s1.